The molecule has 1 aliphatic heterocycles. The lowest BCUT2D eigenvalue weighted by Gasteiger charge is -2.23. The Balaban J connectivity index is 1.81. The van der Waals surface area contributed by atoms with Gasteiger partial charge in [-0.05, 0) is 32.4 Å². The quantitative estimate of drug-likeness (QED) is 0.437. The highest BCUT2D eigenvalue weighted by molar-refractivity contribution is 6.20. The van der Waals surface area contributed by atoms with E-state index in [-0.39, 0.29) is 6.61 Å². The zero-order valence-electron chi connectivity index (χ0n) is 12.4. The van der Waals surface area contributed by atoms with Gasteiger partial charge in [-0.3, -0.25) is 14.4 Å². The predicted molar refractivity (Wildman–Crippen MR) is 74.6 cm³/mol. The fourth-order valence-electron chi connectivity index (χ4n) is 1.88. The molecule has 21 heavy (non-hydrogen) atoms. The van der Waals surface area contributed by atoms with Crippen molar-refractivity contribution >= 4 is 11.8 Å². The summed E-state index contributed by atoms with van der Waals surface area (Å²) < 4.78 is 10.6. The molecule has 2 rings (SSSR count). The lowest BCUT2D eigenvalue weighted by molar-refractivity contribution is -0.201. The van der Waals surface area contributed by atoms with Crippen molar-refractivity contribution in [2.24, 2.45) is 0 Å². The fraction of sp³-hybridized carbons (Fsp3) is 0.467. The first-order valence-corrected chi connectivity index (χ1v) is 6.76. The summed E-state index contributed by atoms with van der Waals surface area (Å²) in [6.45, 7) is 4.23. The minimum absolute atomic E-state index is 0.214. The molecule has 0 unspecified atom stereocenters. The maximum absolute atomic E-state index is 12.0. The van der Waals surface area contributed by atoms with Gasteiger partial charge in [0.1, 0.15) is 0 Å². The van der Waals surface area contributed by atoms with Gasteiger partial charge in [0.05, 0.1) is 24.3 Å². The van der Waals surface area contributed by atoms with Crippen LogP contribution in [0.3, 0.4) is 0 Å². The normalized spacial score (nSPS) is 14.7. The third-order valence-electron chi connectivity index (χ3n) is 3.21. The van der Waals surface area contributed by atoms with Gasteiger partial charge < -0.3 is 9.47 Å². The molecule has 0 saturated carbocycles. The SMILES string of the molecule is COC(C)(C)OCCCON1C(=O)c2ccccc2C1=O. The molecule has 0 atom stereocenters. The maximum Gasteiger partial charge on any atom is 0.285 e. The van der Waals surface area contributed by atoms with Crippen LogP contribution in [-0.2, 0) is 14.3 Å². The van der Waals surface area contributed by atoms with E-state index in [2.05, 4.69) is 0 Å². The van der Waals surface area contributed by atoms with Crippen molar-refractivity contribution in [1.82, 2.24) is 5.06 Å². The third-order valence-corrected chi connectivity index (χ3v) is 3.21. The largest absolute Gasteiger partial charge is 0.354 e. The molecule has 1 aromatic carbocycles. The third kappa shape index (κ3) is 3.47. The molecule has 1 aliphatic rings. The summed E-state index contributed by atoms with van der Waals surface area (Å²) in [7, 11) is 1.56. The second-order valence-corrected chi connectivity index (χ2v) is 5.09. The number of hydrogen-bond acceptors (Lipinski definition) is 5. The number of nitrogens with zero attached hydrogens (tertiary/aromatic N) is 1. The average Bonchev–Trinajstić information content (AvgIpc) is 2.72. The van der Waals surface area contributed by atoms with Gasteiger partial charge in [0.25, 0.3) is 11.8 Å². The molecule has 6 nitrogen and oxygen atoms in total. The lowest BCUT2D eigenvalue weighted by Crippen LogP contribution is -2.31. The van der Waals surface area contributed by atoms with Gasteiger partial charge in [-0.2, -0.15) is 0 Å². The van der Waals surface area contributed by atoms with Crippen LogP contribution in [0, 0.1) is 0 Å². The summed E-state index contributed by atoms with van der Waals surface area (Å²) in [4.78, 5) is 29.3. The van der Waals surface area contributed by atoms with Gasteiger partial charge in [-0.15, -0.1) is 5.06 Å². The van der Waals surface area contributed by atoms with Crippen LogP contribution in [0.2, 0.25) is 0 Å². The zero-order valence-corrected chi connectivity index (χ0v) is 12.4. The molecule has 1 heterocycles. The molecule has 0 saturated heterocycles. The van der Waals surface area contributed by atoms with Crippen LogP contribution in [0.4, 0.5) is 0 Å². The molecule has 0 aromatic heterocycles. The van der Waals surface area contributed by atoms with Crippen molar-refractivity contribution < 1.29 is 23.9 Å². The van der Waals surface area contributed by atoms with E-state index in [1.165, 1.54) is 0 Å². The molecular weight excluding hydrogens is 274 g/mol. The van der Waals surface area contributed by atoms with Crippen LogP contribution in [-0.4, -0.2) is 43.0 Å². The smallest absolute Gasteiger partial charge is 0.285 e. The van der Waals surface area contributed by atoms with E-state index in [0.29, 0.717) is 24.2 Å². The maximum atomic E-state index is 12.0. The van der Waals surface area contributed by atoms with Gasteiger partial charge in [0.2, 0.25) is 0 Å². The van der Waals surface area contributed by atoms with Crippen LogP contribution >= 0.6 is 0 Å². The summed E-state index contributed by atoms with van der Waals surface area (Å²) >= 11 is 0. The Hall–Kier alpha value is -1.76. The van der Waals surface area contributed by atoms with E-state index < -0.39 is 17.6 Å². The number of rotatable bonds is 7. The fourth-order valence-corrected chi connectivity index (χ4v) is 1.88. The average molecular weight is 293 g/mol. The Morgan fingerprint density at radius 1 is 1.05 bits per heavy atom. The number of methoxy groups -OCH3 is 1. The molecule has 0 spiro atoms. The standard InChI is InChI=1S/C15H19NO5/c1-15(2,19-3)20-9-6-10-21-16-13(17)11-7-4-5-8-12(11)14(16)18/h4-5,7-8H,6,9-10H2,1-3H3. The molecule has 0 aliphatic carbocycles. The number of carbonyl (C=O) groups excluding carboxylic acids is 2. The number of benzene rings is 1. The van der Waals surface area contributed by atoms with Crippen LogP contribution in [0.1, 0.15) is 41.0 Å². The number of hydrogen-bond donors (Lipinski definition) is 0. The number of ether oxygens (including phenoxy) is 2. The molecule has 114 valence electrons. The predicted octanol–water partition coefficient (Wildman–Crippen LogP) is 2.00. The number of amides is 2. The molecule has 6 heteroatoms. The van der Waals surface area contributed by atoms with Crippen LogP contribution in [0.15, 0.2) is 24.3 Å². The van der Waals surface area contributed by atoms with Crippen molar-refractivity contribution in [2.45, 2.75) is 26.1 Å². The first-order valence-electron chi connectivity index (χ1n) is 6.76. The highest BCUT2D eigenvalue weighted by Crippen LogP contribution is 2.22. The summed E-state index contributed by atoms with van der Waals surface area (Å²) in [5, 5.41) is 0.812. The summed E-state index contributed by atoms with van der Waals surface area (Å²) in [5.74, 6) is -1.50. The summed E-state index contributed by atoms with van der Waals surface area (Å²) in [6, 6.07) is 6.66. The second kappa shape index (κ2) is 6.34. The Morgan fingerprint density at radius 3 is 2.14 bits per heavy atom. The number of carbonyl (C=O) groups is 2. The van der Waals surface area contributed by atoms with E-state index in [1.807, 2.05) is 0 Å². The lowest BCUT2D eigenvalue weighted by atomic mass is 10.1. The van der Waals surface area contributed by atoms with Crippen molar-refractivity contribution in [1.29, 1.82) is 0 Å². The zero-order chi connectivity index (χ0) is 15.5. The van der Waals surface area contributed by atoms with E-state index in [9.17, 15) is 9.59 Å². The number of fused-ring (bicyclic) bond motifs is 1. The van der Waals surface area contributed by atoms with Crippen LogP contribution in [0.5, 0.6) is 0 Å². The first-order chi connectivity index (χ1) is 9.96. The Labute approximate surface area is 123 Å². The molecule has 0 fully saturated rings. The van der Waals surface area contributed by atoms with Crippen molar-refractivity contribution in [3.63, 3.8) is 0 Å². The van der Waals surface area contributed by atoms with Crippen molar-refractivity contribution in [2.75, 3.05) is 20.3 Å². The minimum Gasteiger partial charge on any atom is -0.354 e. The number of imide groups is 1. The Bertz CT molecular complexity index is 506. The van der Waals surface area contributed by atoms with E-state index in [0.717, 1.165) is 5.06 Å². The highest BCUT2D eigenvalue weighted by atomic mass is 16.7. The summed E-state index contributed by atoms with van der Waals surface area (Å²) in [6.07, 6.45) is 0.542. The van der Waals surface area contributed by atoms with Gasteiger partial charge in [0, 0.05) is 7.11 Å². The van der Waals surface area contributed by atoms with E-state index >= 15 is 0 Å². The molecule has 2 amide bonds. The van der Waals surface area contributed by atoms with E-state index in [4.69, 9.17) is 14.3 Å². The highest BCUT2D eigenvalue weighted by Gasteiger charge is 2.36. The van der Waals surface area contributed by atoms with E-state index in [1.54, 1.807) is 45.2 Å². The molecular formula is C15H19NO5. The van der Waals surface area contributed by atoms with Crippen LogP contribution < -0.4 is 0 Å². The molecule has 0 radical (unpaired) electrons. The number of hydroxylamine groups is 2. The first kappa shape index (κ1) is 15.6. The molecule has 1 aromatic rings. The molecule has 0 bridgehead atoms. The van der Waals surface area contributed by atoms with Crippen LogP contribution in [0.25, 0.3) is 0 Å². The topological polar surface area (TPSA) is 65.1 Å². The molecule has 0 N–H and O–H groups in total. The summed E-state index contributed by atoms with van der Waals surface area (Å²) in [5.41, 5.74) is 0.749. The van der Waals surface area contributed by atoms with Gasteiger partial charge in [0.15, 0.2) is 5.79 Å². The van der Waals surface area contributed by atoms with Crippen molar-refractivity contribution in [3.8, 4) is 0 Å². The van der Waals surface area contributed by atoms with Gasteiger partial charge in [-0.25, -0.2) is 0 Å². The minimum atomic E-state index is -0.657. The Kier molecular flexibility index (Phi) is 4.72. The van der Waals surface area contributed by atoms with Gasteiger partial charge in [-0.1, -0.05) is 12.1 Å². The Morgan fingerprint density at radius 2 is 1.62 bits per heavy atom. The van der Waals surface area contributed by atoms with Crippen molar-refractivity contribution in [3.05, 3.63) is 35.4 Å². The van der Waals surface area contributed by atoms with Gasteiger partial charge >= 0.3 is 0 Å². The second-order valence-electron chi connectivity index (χ2n) is 5.09. The monoisotopic (exact) mass is 293 g/mol.